The van der Waals surface area contributed by atoms with Gasteiger partial charge in [0.2, 0.25) is 5.91 Å². The molecule has 2 aromatic carbocycles. The molecular formula is C19H19N3O2. The Hall–Kier alpha value is -3.13. The lowest BCUT2D eigenvalue weighted by Gasteiger charge is -2.15. The Morgan fingerprint density at radius 1 is 1.08 bits per heavy atom. The molecule has 2 amide bonds. The average Bonchev–Trinajstić information content (AvgIpc) is 2.61. The van der Waals surface area contributed by atoms with Crippen LogP contribution in [-0.4, -0.2) is 17.9 Å². The summed E-state index contributed by atoms with van der Waals surface area (Å²) in [6.07, 6.45) is 2.04. The van der Waals surface area contributed by atoms with Crippen LogP contribution in [0.1, 0.15) is 34.3 Å². The van der Waals surface area contributed by atoms with Crippen molar-refractivity contribution in [3.05, 3.63) is 71.3 Å². The van der Waals surface area contributed by atoms with Crippen LogP contribution in [0, 0.1) is 11.3 Å². The first-order valence-electron chi connectivity index (χ1n) is 7.74. The summed E-state index contributed by atoms with van der Waals surface area (Å²) in [5, 5.41) is 11.4. The third kappa shape index (κ3) is 4.96. The van der Waals surface area contributed by atoms with Gasteiger partial charge in [0.05, 0.1) is 11.6 Å². The van der Waals surface area contributed by atoms with E-state index in [-0.39, 0.29) is 5.91 Å². The number of rotatable bonds is 7. The first-order valence-corrected chi connectivity index (χ1v) is 7.74. The highest BCUT2D eigenvalue weighted by atomic mass is 16.2. The van der Waals surface area contributed by atoms with Gasteiger partial charge in [-0.15, -0.1) is 0 Å². The Morgan fingerprint density at radius 2 is 1.75 bits per heavy atom. The maximum atomic E-state index is 12.2. The van der Waals surface area contributed by atoms with E-state index in [9.17, 15) is 9.59 Å². The van der Waals surface area contributed by atoms with Crippen LogP contribution in [0.25, 0.3) is 0 Å². The maximum Gasteiger partial charge on any atom is 0.251 e. The molecule has 3 N–H and O–H groups in total. The van der Waals surface area contributed by atoms with Crippen molar-refractivity contribution in [2.75, 3.05) is 0 Å². The molecule has 0 heterocycles. The van der Waals surface area contributed by atoms with E-state index in [0.29, 0.717) is 17.5 Å². The number of hydrogen-bond donors (Lipinski definition) is 2. The summed E-state index contributed by atoms with van der Waals surface area (Å²) in [7, 11) is 0. The molecule has 2 rings (SSSR count). The smallest absolute Gasteiger partial charge is 0.251 e. The van der Waals surface area contributed by atoms with Gasteiger partial charge in [0.25, 0.3) is 5.91 Å². The topological polar surface area (TPSA) is 96.0 Å². The first-order chi connectivity index (χ1) is 11.6. The third-order valence-corrected chi connectivity index (χ3v) is 3.73. The molecule has 0 aromatic heterocycles. The molecule has 0 aliphatic carbocycles. The number of nitrogens with two attached hydrogens (primary N) is 1. The second kappa shape index (κ2) is 8.49. The monoisotopic (exact) mass is 321 g/mol. The lowest BCUT2D eigenvalue weighted by molar-refractivity contribution is -0.120. The molecule has 0 bridgehead atoms. The quantitative estimate of drug-likeness (QED) is 0.818. The highest BCUT2D eigenvalue weighted by Gasteiger charge is 2.18. The summed E-state index contributed by atoms with van der Waals surface area (Å²) >= 11 is 0. The fourth-order valence-corrected chi connectivity index (χ4v) is 2.38. The van der Waals surface area contributed by atoms with E-state index in [0.717, 1.165) is 12.8 Å². The molecule has 24 heavy (non-hydrogen) atoms. The zero-order valence-electron chi connectivity index (χ0n) is 13.2. The van der Waals surface area contributed by atoms with Gasteiger partial charge in [0, 0.05) is 5.56 Å². The molecule has 0 spiro atoms. The van der Waals surface area contributed by atoms with Crippen LogP contribution in [0.3, 0.4) is 0 Å². The fourth-order valence-electron chi connectivity index (χ4n) is 2.38. The lowest BCUT2D eigenvalue weighted by atomic mass is 10.0. The zero-order valence-corrected chi connectivity index (χ0v) is 13.2. The van der Waals surface area contributed by atoms with Crippen LogP contribution < -0.4 is 11.1 Å². The molecule has 2 aromatic rings. The molecule has 0 aliphatic heterocycles. The fraction of sp³-hybridized carbons (Fsp3) is 0.211. The van der Waals surface area contributed by atoms with Crippen LogP contribution in [0.4, 0.5) is 0 Å². The number of nitrogens with zero attached hydrogens (tertiary/aromatic N) is 1. The van der Waals surface area contributed by atoms with Crippen molar-refractivity contribution in [3.63, 3.8) is 0 Å². The summed E-state index contributed by atoms with van der Waals surface area (Å²) in [5.74, 6) is -0.923. The van der Waals surface area contributed by atoms with Gasteiger partial charge in [-0.1, -0.05) is 30.3 Å². The highest BCUT2D eigenvalue weighted by Crippen LogP contribution is 2.08. The number of carbonyl (C=O) groups is 2. The Labute approximate surface area is 141 Å². The molecule has 0 saturated carbocycles. The van der Waals surface area contributed by atoms with E-state index < -0.39 is 11.9 Å². The van der Waals surface area contributed by atoms with Crippen molar-refractivity contribution in [2.45, 2.75) is 25.3 Å². The van der Waals surface area contributed by atoms with Gasteiger partial charge in [-0.05, 0) is 49.1 Å². The third-order valence-electron chi connectivity index (χ3n) is 3.73. The highest BCUT2D eigenvalue weighted by molar-refractivity contribution is 5.97. The minimum atomic E-state index is -0.711. The predicted molar refractivity (Wildman–Crippen MR) is 91.0 cm³/mol. The molecule has 5 heteroatoms. The molecule has 122 valence electrons. The summed E-state index contributed by atoms with van der Waals surface area (Å²) in [6, 6.07) is 17.4. The van der Waals surface area contributed by atoms with E-state index in [2.05, 4.69) is 5.32 Å². The Balaban J connectivity index is 1.91. The largest absolute Gasteiger partial charge is 0.368 e. The van der Waals surface area contributed by atoms with E-state index >= 15 is 0 Å². The van der Waals surface area contributed by atoms with Gasteiger partial charge < -0.3 is 11.1 Å². The normalized spacial score (nSPS) is 11.3. The molecule has 0 saturated heterocycles. The summed E-state index contributed by atoms with van der Waals surface area (Å²) < 4.78 is 0. The van der Waals surface area contributed by atoms with Crippen LogP contribution in [-0.2, 0) is 11.2 Å². The Bertz CT molecular complexity index is 733. The molecule has 0 radical (unpaired) electrons. The van der Waals surface area contributed by atoms with Crippen molar-refractivity contribution in [3.8, 4) is 6.07 Å². The first kappa shape index (κ1) is 17.2. The van der Waals surface area contributed by atoms with E-state index in [1.165, 1.54) is 5.56 Å². The molecule has 5 nitrogen and oxygen atoms in total. The Kier molecular flexibility index (Phi) is 6.09. The number of primary amides is 1. The zero-order chi connectivity index (χ0) is 17.4. The van der Waals surface area contributed by atoms with E-state index in [4.69, 9.17) is 11.0 Å². The number of amides is 2. The van der Waals surface area contributed by atoms with Crippen LogP contribution >= 0.6 is 0 Å². The van der Waals surface area contributed by atoms with Crippen LogP contribution in [0.2, 0.25) is 0 Å². The number of benzene rings is 2. The number of hydrogen-bond acceptors (Lipinski definition) is 3. The van der Waals surface area contributed by atoms with Gasteiger partial charge in [-0.2, -0.15) is 5.26 Å². The van der Waals surface area contributed by atoms with Gasteiger partial charge in [-0.3, -0.25) is 9.59 Å². The predicted octanol–water partition coefficient (Wildman–Crippen LogP) is 2.16. The number of nitrogens with one attached hydrogen (secondary N) is 1. The van der Waals surface area contributed by atoms with Gasteiger partial charge >= 0.3 is 0 Å². The van der Waals surface area contributed by atoms with Gasteiger partial charge in [-0.25, -0.2) is 0 Å². The van der Waals surface area contributed by atoms with Crippen molar-refractivity contribution in [1.82, 2.24) is 5.32 Å². The summed E-state index contributed by atoms with van der Waals surface area (Å²) in [6.45, 7) is 0. The van der Waals surface area contributed by atoms with E-state index in [1.807, 2.05) is 36.4 Å². The lowest BCUT2D eigenvalue weighted by Crippen LogP contribution is -2.44. The second-order valence-electron chi connectivity index (χ2n) is 5.50. The van der Waals surface area contributed by atoms with Crippen LogP contribution in [0.5, 0.6) is 0 Å². The van der Waals surface area contributed by atoms with Gasteiger partial charge in [0.1, 0.15) is 6.04 Å². The average molecular weight is 321 g/mol. The SMILES string of the molecule is N#Cc1ccc(C(=O)N[C@H](CCCc2ccccc2)C(N)=O)cc1. The van der Waals surface area contributed by atoms with Crippen LogP contribution in [0.15, 0.2) is 54.6 Å². The van der Waals surface area contributed by atoms with Crippen molar-refractivity contribution < 1.29 is 9.59 Å². The van der Waals surface area contributed by atoms with Crippen molar-refractivity contribution in [2.24, 2.45) is 5.73 Å². The maximum absolute atomic E-state index is 12.2. The molecule has 0 aliphatic rings. The number of aryl methyl sites for hydroxylation is 1. The molecule has 0 fully saturated rings. The van der Waals surface area contributed by atoms with Gasteiger partial charge in [0.15, 0.2) is 0 Å². The molecule has 1 atom stereocenters. The standard InChI is InChI=1S/C19H19N3O2/c20-13-15-9-11-16(12-10-15)19(24)22-17(18(21)23)8-4-7-14-5-2-1-3-6-14/h1-3,5-6,9-12,17H,4,7-8H2,(H2,21,23)(H,22,24)/t17-/m1/s1. The minimum absolute atomic E-state index is 0.372. The summed E-state index contributed by atoms with van der Waals surface area (Å²) in [5.41, 5.74) is 7.44. The second-order valence-corrected chi connectivity index (χ2v) is 5.50. The minimum Gasteiger partial charge on any atom is -0.368 e. The molecular weight excluding hydrogens is 302 g/mol. The van der Waals surface area contributed by atoms with Crippen molar-refractivity contribution >= 4 is 11.8 Å². The number of carbonyl (C=O) groups excluding carboxylic acids is 2. The summed E-state index contributed by atoms with van der Waals surface area (Å²) in [4.78, 5) is 23.8. The number of nitriles is 1. The van der Waals surface area contributed by atoms with Crippen molar-refractivity contribution in [1.29, 1.82) is 5.26 Å². The molecule has 0 unspecified atom stereocenters. The Morgan fingerprint density at radius 3 is 2.33 bits per heavy atom. The van der Waals surface area contributed by atoms with E-state index in [1.54, 1.807) is 24.3 Å².